The molecule has 0 heterocycles. The van der Waals surface area contributed by atoms with Gasteiger partial charge >= 0.3 is 0 Å². The van der Waals surface area contributed by atoms with Crippen molar-refractivity contribution < 1.29 is 19.8 Å². The molecule has 0 saturated heterocycles. The van der Waals surface area contributed by atoms with Crippen molar-refractivity contribution in [3.8, 4) is 0 Å². The average molecular weight is 243 g/mol. The third kappa shape index (κ3) is 2.06. The summed E-state index contributed by atoms with van der Waals surface area (Å²) in [6.45, 7) is 0. The fourth-order valence-corrected chi connectivity index (χ4v) is 1.35. The maximum absolute atomic E-state index is 10.4. The Hall–Kier alpha value is -1.36. The molecular weight excluding hydrogens is 240 g/mol. The molecule has 0 atom stereocenters. The summed E-state index contributed by atoms with van der Waals surface area (Å²) >= 11 is 2.90. The number of hydrogen-bond acceptors (Lipinski definition) is 4. The number of hydrogen-bond donors (Lipinski definition) is 0. The molecule has 0 bridgehead atoms. The Balaban J connectivity index is 3.20. The van der Waals surface area contributed by atoms with E-state index in [9.17, 15) is 19.8 Å². The van der Waals surface area contributed by atoms with Gasteiger partial charge in [-0.15, -0.1) is 0 Å². The number of rotatable bonds is 2. The monoisotopic (exact) mass is 242 g/mol. The lowest BCUT2D eigenvalue weighted by molar-refractivity contribution is -0.256. The Morgan fingerprint density at radius 1 is 1.15 bits per heavy atom. The van der Waals surface area contributed by atoms with Gasteiger partial charge in [-0.2, -0.15) is 0 Å². The standard InChI is InChI=1S/C8H5BrO4/c9-6-3-4(7(10)11)1-2-5(6)8(12)13/h1-3H,(H,10,11)(H,12,13)/p-2. The molecule has 4 nitrogen and oxygen atoms in total. The van der Waals surface area contributed by atoms with Gasteiger partial charge in [0.05, 0.1) is 11.9 Å². The van der Waals surface area contributed by atoms with E-state index < -0.39 is 11.9 Å². The molecule has 0 fully saturated rings. The van der Waals surface area contributed by atoms with Crippen molar-refractivity contribution in [1.29, 1.82) is 0 Å². The van der Waals surface area contributed by atoms with Crippen LogP contribution < -0.4 is 10.2 Å². The van der Waals surface area contributed by atoms with Crippen molar-refractivity contribution in [3.05, 3.63) is 33.8 Å². The highest BCUT2D eigenvalue weighted by atomic mass is 79.9. The number of carboxylic acid groups (broad SMARTS) is 2. The van der Waals surface area contributed by atoms with E-state index in [2.05, 4.69) is 15.9 Å². The minimum atomic E-state index is -1.36. The number of benzene rings is 1. The fraction of sp³-hybridized carbons (Fsp3) is 0. The summed E-state index contributed by atoms with van der Waals surface area (Å²) in [5.74, 6) is -2.72. The van der Waals surface area contributed by atoms with Gasteiger partial charge in [0.2, 0.25) is 0 Å². The Morgan fingerprint density at radius 3 is 2.15 bits per heavy atom. The lowest BCUT2D eigenvalue weighted by Gasteiger charge is -2.08. The molecule has 0 spiro atoms. The first kappa shape index (κ1) is 9.73. The van der Waals surface area contributed by atoms with Crippen molar-refractivity contribution in [2.24, 2.45) is 0 Å². The van der Waals surface area contributed by atoms with E-state index in [1.54, 1.807) is 0 Å². The fourth-order valence-electron chi connectivity index (χ4n) is 0.808. The maximum Gasteiger partial charge on any atom is 0.0726 e. The molecule has 0 aromatic heterocycles. The van der Waals surface area contributed by atoms with Crippen LogP contribution in [0, 0.1) is 0 Å². The summed E-state index contributed by atoms with van der Waals surface area (Å²) in [5, 5.41) is 20.7. The van der Waals surface area contributed by atoms with Crippen LogP contribution in [0.15, 0.2) is 22.7 Å². The Bertz CT molecular complexity index is 372. The van der Waals surface area contributed by atoms with Crippen molar-refractivity contribution in [2.45, 2.75) is 0 Å². The molecule has 0 amide bonds. The summed E-state index contributed by atoms with van der Waals surface area (Å²) in [4.78, 5) is 20.7. The minimum Gasteiger partial charge on any atom is -0.545 e. The molecule has 68 valence electrons. The molecule has 5 heteroatoms. The van der Waals surface area contributed by atoms with Crippen LogP contribution in [0.5, 0.6) is 0 Å². The second kappa shape index (κ2) is 3.57. The second-order valence-electron chi connectivity index (χ2n) is 2.27. The second-order valence-corrected chi connectivity index (χ2v) is 3.12. The summed E-state index contributed by atoms with van der Waals surface area (Å²) in [6, 6.07) is 3.44. The third-order valence-electron chi connectivity index (χ3n) is 1.42. The largest absolute Gasteiger partial charge is 0.545 e. The zero-order valence-corrected chi connectivity index (χ0v) is 7.83. The highest BCUT2D eigenvalue weighted by Gasteiger charge is 2.02. The van der Waals surface area contributed by atoms with Gasteiger partial charge in [-0.25, -0.2) is 0 Å². The lowest BCUT2D eigenvalue weighted by Crippen LogP contribution is -2.24. The van der Waals surface area contributed by atoms with E-state index in [0.717, 1.165) is 18.2 Å². The molecule has 0 aliphatic rings. The van der Waals surface area contributed by atoms with E-state index in [1.807, 2.05) is 0 Å². The van der Waals surface area contributed by atoms with Crippen LogP contribution in [-0.4, -0.2) is 11.9 Å². The first-order valence-electron chi connectivity index (χ1n) is 3.24. The van der Waals surface area contributed by atoms with Gasteiger partial charge in [-0.1, -0.05) is 28.1 Å². The molecule has 0 saturated carbocycles. The summed E-state index contributed by atoms with van der Waals surface area (Å²) in [7, 11) is 0. The SMILES string of the molecule is O=C([O-])c1ccc(C(=O)[O-])c(Br)c1. The van der Waals surface area contributed by atoms with Gasteiger partial charge in [-0.05, 0) is 11.6 Å². The van der Waals surface area contributed by atoms with E-state index in [-0.39, 0.29) is 15.6 Å². The van der Waals surface area contributed by atoms with Crippen LogP contribution in [0.1, 0.15) is 20.7 Å². The lowest BCUT2D eigenvalue weighted by atomic mass is 10.1. The van der Waals surface area contributed by atoms with Crippen LogP contribution in [0.2, 0.25) is 0 Å². The van der Waals surface area contributed by atoms with Crippen molar-refractivity contribution in [1.82, 2.24) is 0 Å². The van der Waals surface area contributed by atoms with E-state index in [4.69, 9.17) is 0 Å². The normalized spacial score (nSPS) is 9.62. The van der Waals surface area contributed by atoms with Crippen LogP contribution in [0.3, 0.4) is 0 Å². The minimum absolute atomic E-state index is 0.0862. The number of carbonyl (C=O) groups is 2. The van der Waals surface area contributed by atoms with Gasteiger partial charge in [-0.3, -0.25) is 0 Å². The van der Waals surface area contributed by atoms with Crippen LogP contribution in [0.25, 0.3) is 0 Å². The topological polar surface area (TPSA) is 80.3 Å². The Kier molecular flexibility index (Phi) is 2.67. The van der Waals surface area contributed by atoms with Crippen molar-refractivity contribution in [2.75, 3.05) is 0 Å². The number of aromatic carboxylic acids is 2. The molecule has 0 N–H and O–H groups in total. The first-order valence-corrected chi connectivity index (χ1v) is 4.04. The number of halogens is 1. The molecule has 13 heavy (non-hydrogen) atoms. The molecule has 0 unspecified atom stereocenters. The van der Waals surface area contributed by atoms with Gasteiger partial charge < -0.3 is 19.8 Å². The van der Waals surface area contributed by atoms with E-state index >= 15 is 0 Å². The molecular formula is C8H3BrO4-2. The highest BCUT2D eigenvalue weighted by molar-refractivity contribution is 9.10. The quantitative estimate of drug-likeness (QED) is 0.679. The van der Waals surface area contributed by atoms with Crippen molar-refractivity contribution in [3.63, 3.8) is 0 Å². The molecule has 0 radical (unpaired) electrons. The predicted octanol–water partition coefficient (Wildman–Crippen LogP) is -0.824. The highest BCUT2D eigenvalue weighted by Crippen LogP contribution is 2.17. The predicted molar refractivity (Wildman–Crippen MR) is 42.8 cm³/mol. The molecule has 1 aromatic rings. The zero-order chi connectivity index (χ0) is 10.0. The Morgan fingerprint density at radius 2 is 1.77 bits per heavy atom. The summed E-state index contributed by atoms with van der Waals surface area (Å²) in [6.07, 6.45) is 0. The number of carbonyl (C=O) groups excluding carboxylic acids is 2. The first-order chi connectivity index (χ1) is 6.02. The Labute approximate surface area is 81.9 Å². The van der Waals surface area contributed by atoms with Crippen molar-refractivity contribution >= 4 is 27.9 Å². The van der Waals surface area contributed by atoms with E-state index in [1.165, 1.54) is 0 Å². The zero-order valence-electron chi connectivity index (χ0n) is 6.24. The van der Waals surface area contributed by atoms with Crippen LogP contribution in [-0.2, 0) is 0 Å². The van der Waals surface area contributed by atoms with Crippen LogP contribution in [0.4, 0.5) is 0 Å². The van der Waals surface area contributed by atoms with Gasteiger partial charge in [0.1, 0.15) is 0 Å². The van der Waals surface area contributed by atoms with Gasteiger partial charge in [0, 0.05) is 10.0 Å². The maximum atomic E-state index is 10.4. The summed E-state index contributed by atoms with van der Waals surface area (Å²) < 4.78 is 0.161. The average Bonchev–Trinajstić information content (AvgIpc) is 2.03. The molecule has 0 aliphatic carbocycles. The van der Waals surface area contributed by atoms with Gasteiger partial charge in [0.15, 0.2) is 0 Å². The third-order valence-corrected chi connectivity index (χ3v) is 2.08. The summed E-state index contributed by atoms with van der Waals surface area (Å²) in [5.41, 5.74) is -0.179. The van der Waals surface area contributed by atoms with Gasteiger partial charge in [0.25, 0.3) is 0 Å². The molecule has 1 rings (SSSR count). The smallest absolute Gasteiger partial charge is 0.0726 e. The molecule has 1 aromatic carbocycles. The number of carboxylic acids is 2. The van der Waals surface area contributed by atoms with Crippen LogP contribution >= 0.6 is 15.9 Å². The van der Waals surface area contributed by atoms with E-state index in [0.29, 0.717) is 0 Å². The molecule has 0 aliphatic heterocycles.